The molecular formula is C17H25N7O. The van der Waals surface area contributed by atoms with E-state index in [1.165, 1.54) is 12.4 Å². The minimum absolute atomic E-state index is 0.178. The maximum Gasteiger partial charge on any atom is 0.269 e. The SMILES string of the molecule is CCCN(CC)CCNC(=O)c1ccc(Nc2ncc(N)cn2)cn1. The van der Waals surface area contributed by atoms with Crippen molar-refractivity contribution in [1.29, 1.82) is 0 Å². The number of likely N-dealkylation sites (N-methyl/N-ethyl adjacent to an activating group) is 1. The number of nitrogens with one attached hydrogen (secondary N) is 2. The van der Waals surface area contributed by atoms with Gasteiger partial charge in [-0.2, -0.15) is 0 Å². The fourth-order valence-electron chi connectivity index (χ4n) is 2.30. The van der Waals surface area contributed by atoms with Crippen molar-refractivity contribution in [2.75, 3.05) is 37.2 Å². The standard InChI is InChI=1S/C17H25N7O/c1-3-8-24(4-2)9-7-19-16(25)15-6-5-14(12-20-15)23-17-21-10-13(18)11-22-17/h5-6,10-12H,3-4,7-9,18H2,1-2H3,(H,19,25)(H,21,22,23). The maximum absolute atomic E-state index is 12.1. The van der Waals surface area contributed by atoms with E-state index in [1.807, 2.05) is 0 Å². The highest BCUT2D eigenvalue weighted by molar-refractivity contribution is 5.92. The summed E-state index contributed by atoms with van der Waals surface area (Å²) in [6, 6.07) is 3.43. The number of nitrogen functional groups attached to an aromatic ring is 1. The van der Waals surface area contributed by atoms with Crippen LogP contribution in [-0.2, 0) is 0 Å². The zero-order chi connectivity index (χ0) is 18.1. The summed E-state index contributed by atoms with van der Waals surface area (Å²) in [5, 5.41) is 5.89. The average molecular weight is 343 g/mol. The Morgan fingerprint density at radius 3 is 2.48 bits per heavy atom. The Kier molecular flexibility index (Phi) is 7.09. The molecule has 134 valence electrons. The highest BCUT2D eigenvalue weighted by Crippen LogP contribution is 2.12. The van der Waals surface area contributed by atoms with E-state index >= 15 is 0 Å². The molecule has 0 aliphatic heterocycles. The van der Waals surface area contributed by atoms with Crippen molar-refractivity contribution in [3.63, 3.8) is 0 Å². The number of hydrogen-bond acceptors (Lipinski definition) is 7. The Bertz CT molecular complexity index is 658. The van der Waals surface area contributed by atoms with Gasteiger partial charge >= 0.3 is 0 Å². The molecule has 0 radical (unpaired) electrons. The maximum atomic E-state index is 12.1. The molecule has 8 heteroatoms. The van der Waals surface area contributed by atoms with Gasteiger partial charge in [-0.3, -0.25) is 4.79 Å². The molecule has 0 unspecified atom stereocenters. The van der Waals surface area contributed by atoms with E-state index in [2.05, 4.69) is 44.3 Å². The Morgan fingerprint density at radius 1 is 1.12 bits per heavy atom. The van der Waals surface area contributed by atoms with Crippen LogP contribution in [0.2, 0.25) is 0 Å². The molecule has 0 fully saturated rings. The Balaban J connectivity index is 1.84. The van der Waals surface area contributed by atoms with Gasteiger partial charge in [-0.15, -0.1) is 0 Å². The minimum Gasteiger partial charge on any atom is -0.396 e. The number of amides is 1. The van der Waals surface area contributed by atoms with Crippen molar-refractivity contribution in [1.82, 2.24) is 25.2 Å². The second-order valence-electron chi connectivity index (χ2n) is 5.59. The zero-order valence-electron chi connectivity index (χ0n) is 14.7. The quantitative estimate of drug-likeness (QED) is 0.635. The first-order valence-corrected chi connectivity index (χ1v) is 8.43. The lowest BCUT2D eigenvalue weighted by Crippen LogP contribution is -2.35. The van der Waals surface area contributed by atoms with Gasteiger partial charge in [0.05, 0.1) is 30.0 Å². The fraction of sp³-hybridized carbons (Fsp3) is 0.412. The predicted octanol–water partition coefficient (Wildman–Crippen LogP) is 1.66. The van der Waals surface area contributed by atoms with Gasteiger partial charge in [-0.25, -0.2) is 15.0 Å². The predicted molar refractivity (Wildman–Crippen MR) is 98.7 cm³/mol. The Hall–Kier alpha value is -2.74. The topological polar surface area (TPSA) is 109 Å². The van der Waals surface area contributed by atoms with Gasteiger partial charge in [-0.05, 0) is 31.6 Å². The summed E-state index contributed by atoms with van der Waals surface area (Å²) in [7, 11) is 0. The average Bonchev–Trinajstić information content (AvgIpc) is 2.63. The summed E-state index contributed by atoms with van der Waals surface area (Å²) < 4.78 is 0. The Morgan fingerprint density at radius 2 is 1.88 bits per heavy atom. The molecule has 0 saturated carbocycles. The summed E-state index contributed by atoms with van der Waals surface area (Å²) in [6.07, 6.45) is 5.71. The van der Waals surface area contributed by atoms with Crippen LogP contribution in [0.5, 0.6) is 0 Å². The molecule has 0 atom stereocenters. The van der Waals surface area contributed by atoms with Crippen LogP contribution in [0.4, 0.5) is 17.3 Å². The molecule has 0 aromatic carbocycles. The van der Waals surface area contributed by atoms with Crippen LogP contribution in [0.25, 0.3) is 0 Å². The third-order valence-electron chi connectivity index (χ3n) is 3.62. The fourth-order valence-corrected chi connectivity index (χ4v) is 2.30. The lowest BCUT2D eigenvalue weighted by atomic mass is 10.3. The normalized spacial score (nSPS) is 10.7. The zero-order valence-corrected chi connectivity index (χ0v) is 14.7. The lowest BCUT2D eigenvalue weighted by Gasteiger charge is -2.19. The molecule has 0 aliphatic carbocycles. The van der Waals surface area contributed by atoms with Gasteiger partial charge in [0.2, 0.25) is 5.95 Å². The molecule has 1 amide bonds. The van der Waals surface area contributed by atoms with Crippen LogP contribution in [0, 0.1) is 0 Å². The van der Waals surface area contributed by atoms with Crippen LogP contribution < -0.4 is 16.4 Å². The number of nitrogens with two attached hydrogens (primary N) is 1. The first-order valence-electron chi connectivity index (χ1n) is 8.43. The van der Waals surface area contributed by atoms with Crippen molar-refractivity contribution in [3.8, 4) is 0 Å². The highest BCUT2D eigenvalue weighted by Gasteiger charge is 2.08. The lowest BCUT2D eigenvalue weighted by molar-refractivity contribution is 0.0943. The number of nitrogens with zero attached hydrogens (tertiary/aromatic N) is 4. The molecule has 2 rings (SSSR count). The summed E-state index contributed by atoms with van der Waals surface area (Å²) in [6.45, 7) is 7.73. The van der Waals surface area contributed by atoms with Gasteiger partial charge in [0.1, 0.15) is 5.69 Å². The molecule has 0 saturated heterocycles. The van der Waals surface area contributed by atoms with E-state index < -0.39 is 0 Å². The van der Waals surface area contributed by atoms with Gasteiger partial charge in [0.15, 0.2) is 0 Å². The molecule has 25 heavy (non-hydrogen) atoms. The van der Waals surface area contributed by atoms with Gasteiger partial charge in [0.25, 0.3) is 5.91 Å². The first-order chi connectivity index (χ1) is 12.1. The number of anilines is 3. The number of pyridine rings is 1. The van der Waals surface area contributed by atoms with Crippen molar-refractivity contribution in [2.45, 2.75) is 20.3 Å². The molecule has 2 aromatic rings. The summed E-state index contributed by atoms with van der Waals surface area (Å²) in [5.74, 6) is 0.242. The molecule has 0 spiro atoms. The summed E-state index contributed by atoms with van der Waals surface area (Å²) in [4.78, 5) is 26.7. The number of hydrogen-bond donors (Lipinski definition) is 3. The van der Waals surface area contributed by atoms with Crippen LogP contribution in [0.15, 0.2) is 30.7 Å². The number of carbonyl (C=O) groups is 1. The third-order valence-corrected chi connectivity index (χ3v) is 3.62. The molecule has 8 nitrogen and oxygen atoms in total. The summed E-state index contributed by atoms with van der Waals surface area (Å²) in [5.41, 5.74) is 7.11. The van der Waals surface area contributed by atoms with E-state index in [0.29, 0.717) is 29.6 Å². The number of carbonyl (C=O) groups excluding carboxylic acids is 1. The molecule has 4 N–H and O–H groups in total. The van der Waals surface area contributed by atoms with Crippen LogP contribution >= 0.6 is 0 Å². The summed E-state index contributed by atoms with van der Waals surface area (Å²) >= 11 is 0. The van der Waals surface area contributed by atoms with Gasteiger partial charge in [-0.1, -0.05) is 13.8 Å². The molecular weight excluding hydrogens is 318 g/mol. The third kappa shape index (κ3) is 6.00. The van der Waals surface area contributed by atoms with Crippen LogP contribution in [0.3, 0.4) is 0 Å². The monoisotopic (exact) mass is 343 g/mol. The van der Waals surface area contributed by atoms with Crippen molar-refractivity contribution in [2.24, 2.45) is 0 Å². The second-order valence-corrected chi connectivity index (χ2v) is 5.59. The van der Waals surface area contributed by atoms with E-state index in [9.17, 15) is 4.79 Å². The van der Waals surface area contributed by atoms with Crippen LogP contribution in [-0.4, -0.2) is 51.9 Å². The smallest absolute Gasteiger partial charge is 0.269 e. The number of aromatic nitrogens is 3. The van der Waals surface area contributed by atoms with Gasteiger partial charge < -0.3 is 21.3 Å². The van der Waals surface area contributed by atoms with Crippen molar-refractivity contribution >= 4 is 23.2 Å². The van der Waals surface area contributed by atoms with Crippen molar-refractivity contribution in [3.05, 3.63) is 36.4 Å². The first kappa shape index (κ1) is 18.6. The molecule has 0 bridgehead atoms. The minimum atomic E-state index is -0.178. The largest absolute Gasteiger partial charge is 0.396 e. The van der Waals surface area contributed by atoms with Crippen LogP contribution in [0.1, 0.15) is 30.8 Å². The Labute approximate surface area is 147 Å². The van der Waals surface area contributed by atoms with E-state index in [1.54, 1.807) is 18.3 Å². The van der Waals surface area contributed by atoms with Gasteiger partial charge in [0, 0.05) is 13.1 Å². The molecule has 2 aromatic heterocycles. The second kappa shape index (κ2) is 9.53. The van der Waals surface area contributed by atoms with E-state index in [-0.39, 0.29) is 5.91 Å². The highest BCUT2D eigenvalue weighted by atomic mass is 16.1. The van der Waals surface area contributed by atoms with E-state index in [4.69, 9.17) is 5.73 Å². The number of rotatable bonds is 9. The van der Waals surface area contributed by atoms with Crippen molar-refractivity contribution < 1.29 is 4.79 Å². The molecule has 2 heterocycles. The molecule has 0 aliphatic rings. The van der Waals surface area contributed by atoms with E-state index in [0.717, 1.165) is 26.1 Å².